The lowest BCUT2D eigenvalue weighted by atomic mass is 10.0. The monoisotopic (exact) mass is 835 g/mol. The Hall–Kier alpha value is -1.59. The predicted molar refractivity (Wildman–Crippen MR) is 252 cm³/mol. The molecule has 0 aromatic heterocycles. The second-order valence-electron chi connectivity index (χ2n) is 18.2. The summed E-state index contributed by atoms with van der Waals surface area (Å²) in [6, 6.07) is 0. The van der Waals surface area contributed by atoms with E-state index < -0.39 is 6.10 Å². The van der Waals surface area contributed by atoms with Gasteiger partial charge in [-0.2, -0.15) is 0 Å². The van der Waals surface area contributed by atoms with E-state index in [9.17, 15) is 14.4 Å². The Morgan fingerprint density at radius 2 is 0.458 bits per heavy atom. The molecule has 0 saturated heterocycles. The van der Waals surface area contributed by atoms with Gasteiger partial charge in [0.15, 0.2) is 6.10 Å². The molecular formula is C53H102O6. The summed E-state index contributed by atoms with van der Waals surface area (Å²) in [5, 5.41) is 0. The fraction of sp³-hybridized carbons (Fsp3) is 0.943. The van der Waals surface area contributed by atoms with Crippen LogP contribution in [0.1, 0.15) is 303 Å². The van der Waals surface area contributed by atoms with Gasteiger partial charge in [0.25, 0.3) is 0 Å². The number of carbonyl (C=O) groups excluding carboxylic acids is 3. The van der Waals surface area contributed by atoms with E-state index >= 15 is 0 Å². The van der Waals surface area contributed by atoms with E-state index in [2.05, 4.69) is 20.8 Å². The largest absolute Gasteiger partial charge is 0.462 e. The number of hydrogen-bond donors (Lipinski definition) is 0. The number of unbranched alkanes of at least 4 members (excludes halogenated alkanes) is 38. The topological polar surface area (TPSA) is 78.9 Å². The van der Waals surface area contributed by atoms with Crippen LogP contribution in [-0.4, -0.2) is 37.2 Å². The molecule has 0 heterocycles. The van der Waals surface area contributed by atoms with E-state index in [0.717, 1.165) is 57.8 Å². The van der Waals surface area contributed by atoms with Crippen molar-refractivity contribution in [3.63, 3.8) is 0 Å². The number of hydrogen-bond acceptors (Lipinski definition) is 6. The Kier molecular flexibility index (Phi) is 47.7. The summed E-state index contributed by atoms with van der Waals surface area (Å²) >= 11 is 0. The molecule has 0 unspecified atom stereocenters. The van der Waals surface area contributed by atoms with Crippen molar-refractivity contribution in [1.82, 2.24) is 0 Å². The molecular weight excluding hydrogens is 733 g/mol. The fourth-order valence-corrected chi connectivity index (χ4v) is 8.09. The fourth-order valence-electron chi connectivity index (χ4n) is 8.09. The molecule has 0 saturated carbocycles. The molecule has 1 atom stereocenters. The Morgan fingerprint density at radius 1 is 0.271 bits per heavy atom. The van der Waals surface area contributed by atoms with Gasteiger partial charge >= 0.3 is 17.9 Å². The highest BCUT2D eigenvalue weighted by Gasteiger charge is 2.19. The molecule has 0 N–H and O–H groups in total. The third kappa shape index (κ3) is 47.3. The summed E-state index contributed by atoms with van der Waals surface area (Å²) in [6.07, 6.45) is 52.5. The smallest absolute Gasteiger partial charge is 0.306 e. The highest BCUT2D eigenvalue weighted by Crippen LogP contribution is 2.17. The zero-order chi connectivity index (χ0) is 43.0. The standard InChI is InChI=1S/C53H102O6/c1-4-7-10-13-16-18-20-22-24-26-27-29-30-32-34-37-40-43-46-52(55)58-49-50(48-57-51(54)45-42-39-36-15-12-9-6-3)59-53(56)47-44-41-38-35-33-31-28-25-23-21-19-17-14-11-8-5-2/h50H,4-49H2,1-3H3/t50-/m0/s1. The van der Waals surface area contributed by atoms with Crippen LogP contribution in [-0.2, 0) is 28.6 Å². The molecule has 0 bridgehead atoms. The molecule has 0 aliphatic heterocycles. The van der Waals surface area contributed by atoms with E-state index in [1.54, 1.807) is 0 Å². The third-order valence-electron chi connectivity index (χ3n) is 12.1. The maximum Gasteiger partial charge on any atom is 0.306 e. The van der Waals surface area contributed by atoms with Crippen LogP contribution in [0, 0.1) is 0 Å². The van der Waals surface area contributed by atoms with E-state index in [1.165, 1.54) is 205 Å². The van der Waals surface area contributed by atoms with Gasteiger partial charge in [-0.05, 0) is 19.3 Å². The van der Waals surface area contributed by atoms with Crippen LogP contribution in [0.4, 0.5) is 0 Å². The summed E-state index contributed by atoms with van der Waals surface area (Å²) in [5.74, 6) is -0.847. The predicted octanol–water partition coefficient (Wildman–Crippen LogP) is 17.2. The Morgan fingerprint density at radius 3 is 0.678 bits per heavy atom. The van der Waals surface area contributed by atoms with Gasteiger partial charge in [0, 0.05) is 19.3 Å². The lowest BCUT2D eigenvalue weighted by Gasteiger charge is -2.18. The molecule has 0 radical (unpaired) electrons. The van der Waals surface area contributed by atoms with Crippen LogP contribution in [0.5, 0.6) is 0 Å². The quantitative estimate of drug-likeness (QED) is 0.0345. The van der Waals surface area contributed by atoms with Crippen LogP contribution in [0.25, 0.3) is 0 Å². The van der Waals surface area contributed by atoms with Crippen molar-refractivity contribution in [3.05, 3.63) is 0 Å². The van der Waals surface area contributed by atoms with Gasteiger partial charge in [-0.25, -0.2) is 0 Å². The summed E-state index contributed by atoms with van der Waals surface area (Å²) in [7, 11) is 0. The molecule has 0 aliphatic carbocycles. The van der Waals surface area contributed by atoms with Gasteiger partial charge in [0.05, 0.1) is 0 Å². The Labute approximate surface area is 368 Å². The summed E-state index contributed by atoms with van der Waals surface area (Å²) in [5.41, 5.74) is 0. The molecule has 0 amide bonds. The van der Waals surface area contributed by atoms with Gasteiger partial charge in [-0.15, -0.1) is 0 Å². The lowest BCUT2D eigenvalue weighted by Crippen LogP contribution is -2.30. The van der Waals surface area contributed by atoms with Crippen molar-refractivity contribution >= 4 is 17.9 Å². The van der Waals surface area contributed by atoms with E-state index in [1.807, 2.05) is 0 Å². The highest BCUT2D eigenvalue weighted by atomic mass is 16.6. The van der Waals surface area contributed by atoms with Crippen LogP contribution in [0.15, 0.2) is 0 Å². The van der Waals surface area contributed by atoms with Crippen molar-refractivity contribution in [2.75, 3.05) is 13.2 Å². The van der Waals surface area contributed by atoms with Crippen molar-refractivity contribution in [2.45, 2.75) is 309 Å². The molecule has 350 valence electrons. The van der Waals surface area contributed by atoms with Crippen LogP contribution >= 0.6 is 0 Å². The van der Waals surface area contributed by atoms with Gasteiger partial charge < -0.3 is 14.2 Å². The summed E-state index contributed by atoms with van der Waals surface area (Å²) in [4.78, 5) is 37.8. The van der Waals surface area contributed by atoms with Gasteiger partial charge in [-0.3, -0.25) is 14.4 Å². The maximum atomic E-state index is 12.8. The number of esters is 3. The zero-order valence-corrected chi connectivity index (χ0v) is 40.1. The Balaban J connectivity index is 4.17. The van der Waals surface area contributed by atoms with Gasteiger partial charge in [-0.1, -0.05) is 265 Å². The third-order valence-corrected chi connectivity index (χ3v) is 12.1. The minimum atomic E-state index is -0.758. The number of ether oxygens (including phenoxy) is 3. The molecule has 0 aliphatic rings. The lowest BCUT2D eigenvalue weighted by molar-refractivity contribution is -0.167. The highest BCUT2D eigenvalue weighted by molar-refractivity contribution is 5.71. The van der Waals surface area contributed by atoms with Crippen molar-refractivity contribution < 1.29 is 28.6 Å². The van der Waals surface area contributed by atoms with E-state index in [4.69, 9.17) is 14.2 Å². The summed E-state index contributed by atoms with van der Waals surface area (Å²) < 4.78 is 16.8. The normalized spacial score (nSPS) is 11.8. The minimum absolute atomic E-state index is 0.0622. The van der Waals surface area contributed by atoms with Crippen molar-refractivity contribution in [1.29, 1.82) is 0 Å². The number of carbonyl (C=O) groups is 3. The van der Waals surface area contributed by atoms with Gasteiger partial charge in [0.2, 0.25) is 0 Å². The first-order valence-corrected chi connectivity index (χ1v) is 26.5. The first-order chi connectivity index (χ1) is 29.0. The molecule has 0 fully saturated rings. The van der Waals surface area contributed by atoms with Crippen molar-refractivity contribution in [3.8, 4) is 0 Å². The SMILES string of the molecule is CCCCCCCCCCCCCCCCCCCCC(=O)OC[C@H](COC(=O)CCCCCCCCC)OC(=O)CCCCCCCCCCCCCCCCCC. The molecule has 0 spiro atoms. The molecule has 59 heavy (non-hydrogen) atoms. The average Bonchev–Trinajstić information content (AvgIpc) is 3.23. The van der Waals surface area contributed by atoms with E-state index in [-0.39, 0.29) is 31.1 Å². The second-order valence-corrected chi connectivity index (χ2v) is 18.2. The van der Waals surface area contributed by atoms with E-state index in [0.29, 0.717) is 19.3 Å². The molecule has 0 rings (SSSR count). The first kappa shape index (κ1) is 57.4. The Bertz CT molecular complexity index is 874. The molecule has 0 aromatic rings. The molecule has 0 aromatic carbocycles. The molecule has 6 heteroatoms. The second kappa shape index (κ2) is 49.1. The van der Waals surface area contributed by atoms with Gasteiger partial charge in [0.1, 0.15) is 13.2 Å². The van der Waals surface area contributed by atoms with Crippen LogP contribution in [0.3, 0.4) is 0 Å². The van der Waals surface area contributed by atoms with Crippen LogP contribution in [0.2, 0.25) is 0 Å². The zero-order valence-electron chi connectivity index (χ0n) is 40.1. The average molecular weight is 835 g/mol. The number of rotatable bonds is 49. The minimum Gasteiger partial charge on any atom is -0.462 e. The summed E-state index contributed by atoms with van der Waals surface area (Å²) in [6.45, 7) is 6.65. The maximum absolute atomic E-state index is 12.8. The molecule has 6 nitrogen and oxygen atoms in total. The van der Waals surface area contributed by atoms with Crippen molar-refractivity contribution in [2.24, 2.45) is 0 Å². The first-order valence-electron chi connectivity index (χ1n) is 26.5. The van der Waals surface area contributed by atoms with Crippen LogP contribution < -0.4 is 0 Å².